The van der Waals surface area contributed by atoms with Gasteiger partial charge in [-0.1, -0.05) is 31.5 Å². The van der Waals surface area contributed by atoms with Crippen LogP contribution < -0.4 is 10.6 Å². The number of hydrogen-bond donors (Lipinski definition) is 2. The normalized spacial score (nSPS) is 11.2. The summed E-state index contributed by atoms with van der Waals surface area (Å²) in [5, 5.41) is 11.2. The highest BCUT2D eigenvalue weighted by Crippen LogP contribution is 2.17. The van der Waals surface area contributed by atoms with Crippen molar-refractivity contribution < 1.29 is 4.74 Å². The van der Waals surface area contributed by atoms with Gasteiger partial charge in [-0.15, -0.1) is 24.0 Å². The number of aromatic nitrogens is 2. The summed E-state index contributed by atoms with van der Waals surface area (Å²) < 4.78 is 7.59. The summed E-state index contributed by atoms with van der Waals surface area (Å²) >= 11 is 0. The monoisotopic (exact) mass is 499 g/mol. The van der Waals surface area contributed by atoms with Crippen LogP contribution in [0, 0.1) is 13.8 Å². The van der Waals surface area contributed by atoms with Gasteiger partial charge in [-0.05, 0) is 44.9 Å². The number of guanidine groups is 1. The maximum atomic E-state index is 5.60. The molecule has 0 spiro atoms. The quantitative estimate of drug-likeness (QED) is 0.225. The van der Waals surface area contributed by atoms with Crippen molar-refractivity contribution in [2.75, 3.05) is 26.3 Å². The lowest BCUT2D eigenvalue weighted by Crippen LogP contribution is -2.39. The topological polar surface area (TPSA) is 63.5 Å². The molecule has 0 saturated carbocycles. The first kappa shape index (κ1) is 24.4. The van der Waals surface area contributed by atoms with E-state index in [-0.39, 0.29) is 24.0 Å². The summed E-state index contributed by atoms with van der Waals surface area (Å²) in [5.74, 6) is 0.805. The summed E-state index contributed by atoms with van der Waals surface area (Å²) in [6, 6.07) is 10.4. The van der Waals surface area contributed by atoms with Gasteiger partial charge in [-0.3, -0.25) is 0 Å². The van der Waals surface area contributed by atoms with Crippen molar-refractivity contribution in [3.8, 4) is 5.69 Å². The van der Waals surface area contributed by atoms with E-state index in [9.17, 15) is 0 Å². The number of aryl methyl sites for hydroxylation is 2. The molecule has 0 aliphatic carbocycles. The molecule has 156 valence electrons. The Bertz CT molecular complexity index is 729. The van der Waals surface area contributed by atoms with Crippen LogP contribution in [0.2, 0.25) is 0 Å². The zero-order valence-electron chi connectivity index (χ0n) is 17.5. The van der Waals surface area contributed by atoms with Gasteiger partial charge in [0.1, 0.15) is 0 Å². The fourth-order valence-electron chi connectivity index (χ4n) is 2.82. The minimum absolute atomic E-state index is 0. The molecule has 1 heterocycles. The van der Waals surface area contributed by atoms with E-state index in [1.807, 2.05) is 23.7 Å². The number of nitrogens with one attached hydrogen (secondary N) is 2. The van der Waals surface area contributed by atoms with Crippen molar-refractivity contribution in [2.45, 2.75) is 47.1 Å². The molecule has 2 N–H and O–H groups in total. The third-order valence-corrected chi connectivity index (χ3v) is 4.16. The second-order valence-corrected chi connectivity index (χ2v) is 6.56. The molecule has 1 aromatic heterocycles. The van der Waals surface area contributed by atoms with Crippen molar-refractivity contribution in [1.82, 2.24) is 20.4 Å². The minimum Gasteiger partial charge on any atom is -0.380 e. The van der Waals surface area contributed by atoms with Crippen LogP contribution in [0.25, 0.3) is 5.69 Å². The molecule has 6 nitrogen and oxygen atoms in total. The summed E-state index contributed by atoms with van der Waals surface area (Å²) in [6.07, 6.45) is 2.27. The van der Waals surface area contributed by atoms with Gasteiger partial charge in [0.2, 0.25) is 0 Å². The molecule has 0 amide bonds. The van der Waals surface area contributed by atoms with E-state index >= 15 is 0 Å². The third-order valence-electron chi connectivity index (χ3n) is 4.16. The van der Waals surface area contributed by atoms with E-state index < -0.39 is 0 Å². The molecule has 0 atom stereocenters. The number of benzene rings is 1. The van der Waals surface area contributed by atoms with E-state index in [2.05, 4.69) is 54.7 Å². The number of halogens is 1. The molecule has 0 radical (unpaired) electrons. The lowest BCUT2D eigenvalue weighted by molar-refractivity contribution is 0.136. The van der Waals surface area contributed by atoms with E-state index in [0.29, 0.717) is 13.2 Å². The van der Waals surface area contributed by atoms with Crippen LogP contribution in [-0.2, 0) is 11.3 Å². The zero-order valence-corrected chi connectivity index (χ0v) is 19.8. The van der Waals surface area contributed by atoms with Gasteiger partial charge in [0.25, 0.3) is 0 Å². The molecule has 0 bridgehead atoms. The van der Waals surface area contributed by atoms with Crippen LogP contribution in [0.15, 0.2) is 35.3 Å². The second-order valence-electron chi connectivity index (χ2n) is 6.56. The molecular formula is C21H34IN5O. The van der Waals surface area contributed by atoms with Crippen LogP contribution in [0.5, 0.6) is 0 Å². The molecular weight excluding hydrogens is 465 g/mol. The van der Waals surface area contributed by atoms with Crippen molar-refractivity contribution in [2.24, 2.45) is 4.99 Å². The third kappa shape index (κ3) is 7.79. The van der Waals surface area contributed by atoms with Gasteiger partial charge in [-0.25, -0.2) is 9.67 Å². The average molecular weight is 499 g/mol. The van der Waals surface area contributed by atoms with E-state index in [0.717, 1.165) is 61.1 Å². The number of rotatable bonds is 10. The highest BCUT2D eigenvalue weighted by atomic mass is 127. The highest BCUT2D eigenvalue weighted by molar-refractivity contribution is 14.0. The maximum Gasteiger partial charge on any atom is 0.191 e. The van der Waals surface area contributed by atoms with Gasteiger partial charge in [0.15, 0.2) is 5.96 Å². The molecule has 7 heteroatoms. The van der Waals surface area contributed by atoms with Gasteiger partial charge in [-0.2, -0.15) is 5.10 Å². The summed E-state index contributed by atoms with van der Waals surface area (Å²) in [4.78, 5) is 4.74. The Morgan fingerprint density at radius 1 is 1.14 bits per heavy atom. The van der Waals surface area contributed by atoms with Crippen molar-refractivity contribution >= 4 is 29.9 Å². The molecule has 2 rings (SSSR count). The van der Waals surface area contributed by atoms with Crippen LogP contribution >= 0.6 is 24.0 Å². The van der Waals surface area contributed by atoms with Crippen molar-refractivity contribution in [1.29, 1.82) is 0 Å². The van der Waals surface area contributed by atoms with E-state index in [1.54, 1.807) is 0 Å². The van der Waals surface area contributed by atoms with Crippen LogP contribution in [-0.4, -0.2) is 42.0 Å². The minimum atomic E-state index is 0. The largest absolute Gasteiger partial charge is 0.380 e. The van der Waals surface area contributed by atoms with Crippen LogP contribution in [0.3, 0.4) is 0 Å². The molecule has 0 aliphatic heterocycles. The standard InChI is InChI=1S/C21H33N5O.HI/c1-5-7-13-27-14-12-23-21(22-6-2)24-16-19-10-8-9-11-20(19)26-18(4)15-17(3)25-26;/h8-11,15H,5-7,12-14,16H2,1-4H3,(H2,22,23,24);1H. The zero-order chi connectivity index (χ0) is 19.5. The summed E-state index contributed by atoms with van der Waals surface area (Å²) in [5.41, 5.74) is 4.35. The fraction of sp³-hybridized carbons (Fsp3) is 0.524. The first-order valence-corrected chi connectivity index (χ1v) is 9.87. The first-order chi connectivity index (χ1) is 13.2. The van der Waals surface area contributed by atoms with Gasteiger partial charge < -0.3 is 15.4 Å². The van der Waals surface area contributed by atoms with Crippen molar-refractivity contribution in [3.05, 3.63) is 47.3 Å². The molecule has 2 aromatic rings. The lowest BCUT2D eigenvalue weighted by atomic mass is 10.2. The number of unbranched alkanes of at least 4 members (excludes halogenated alkanes) is 1. The highest BCUT2D eigenvalue weighted by Gasteiger charge is 2.08. The molecule has 0 unspecified atom stereocenters. The van der Waals surface area contributed by atoms with Crippen LogP contribution in [0.4, 0.5) is 0 Å². The van der Waals surface area contributed by atoms with Gasteiger partial charge >= 0.3 is 0 Å². The molecule has 0 aliphatic rings. The number of ether oxygens (including phenoxy) is 1. The Kier molecular flexibility index (Phi) is 11.8. The average Bonchev–Trinajstić information content (AvgIpc) is 3.00. The van der Waals surface area contributed by atoms with Gasteiger partial charge in [0, 0.05) is 25.4 Å². The fourth-order valence-corrected chi connectivity index (χ4v) is 2.82. The Morgan fingerprint density at radius 3 is 2.61 bits per heavy atom. The summed E-state index contributed by atoms with van der Waals surface area (Å²) in [6.45, 7) is 12.0. The Labute approximate surface area is 186 Å². The predicted octanol–water partition coefficient (Wildman–Crippen LogP) is 3.98. The SMILES string of the molecule is CCCCOCCNC(=NCc1ccccc1-n1nc(C)cc1C)NCC.I. The molecule has 1 aromatic carbocycles. The second kappa shape index (κ2) is 13.5. The Balaban J connectivity index is 0.00000392. The molecule has 0 fully saturated rings. The predicted molar refractivity (Wildman–Crippen MR) is 127 cm³/mol. The smallest absolute Gasteiger partial charge is 0.191 e. The summed E-state index contributed by atoms with van der Waals surface area (Å²) in [7, 11) is 0. The number of hydrogen-bond acceptors (Lipinski definition) is 3. The Hall–Kier alpha value is -1.61. The van der Waals surface area contributed by atoms with Crippen LogP contribution in [0.1, 0.15) is 43.6 Å². The van der Waals surface area contributed by atoms with Gasteiger partial charge in [0.05, 0.1) is 24.5 Å². The van der Waals surface area contributed by atoms with E-state index in [1.165, 1.54) is 0 Å². The Morgan fingerprint density at radius 2 is 1.93 bits per heavy atom. The van der Waals surface area contributed by atoms with E-state index in [4.69, 9.17) is 9.73 Å². The molecule has 0 saturated heterocycles. The number of nitrogens with zero attached hydrogens (tertiary/aromatic N) is 3. The first-order valence-electron chi connectivity index (χ1n) is 9.87. The van der Waals surface area contributed by atoms with Crippen molar-refractivity contribution in [3.63, 3.8) is 0 Å². The maximum absolute atomic E-state index is 5.60. The lowest BCUT2D eigenvalue weighted by Gasteiger charge is -2.13. The number of para-hydroxylation sites is 1. The molecule has 28 heavy (non-hydrogen) atoms. The number of aliphatic imine (C=N–C) groups is 1.